The van der Waals surface area contributed by atoms with Crippen molar-refractivity contribution in [3.8, 4) is 23.0 Å². The first-order valence-corrected chi connectivity index (χ1v) is 10.3. The zero-order valence-corrected chi connectivity index (χ0v) is 18.5. The zero-order chi connectivity index (χ0) is 22.4. The van der Waals surface area contributed by atoms with Crippen molar-refractivity contribution in [2.75, 3.05) is 35.2 Å². The maximum Gasteiger partial charge on any atom is 0.188 e. The maximum absolute atomic E-state index is 13.4. The van der Waals surface area contributed by atoms with Crippen LogP contribution in [0.2, 0.25) is 0 Å². The molecular formula is C24H30O7. The van der Waals surface area contributed by atoms with Gasteiger partial charge < -0.3 is 28.8 Å². The highest BCUT2D eigenvalue weighted by molar-refractivity contribution is 5.98. The fourth-order valence-corrected chi connectivity index (χ4v) is 4.44. The molecule has 1 saturated carbocycles. The smallest absolute Gasteiger partial charge is 0.188 e. The standard InChI is InChI=1S/C24H30O7/c1-27-14-31-16-10-8-15(9-11-16)22(26)18-7-5-6-17(18)19-12-21(28-2)24(30-4)20(13-25)23(19)29-3/h8-12,17-18,25H,5-7,13-14H2,1-4H3. The third-order valence-corrected chi connectivity index (χ3v) is 5.84. The van der Waals surface area contributed by atoms with Gasteiger partial charge in [0, 0.05) is 24.2 Å². The second-order valence-corrected chi connectivity index (χ2v) is 7.45. The normalized spacial score (nSPS) is 18.0. The topological polar surface area (TPSA) is 83.5 Å². The summed E-state index contributed by atoms with van der Waals surface area (Å²) in [4.78, 5) is 13.4. The fraction of sp³-hybridized carbons (Fsp3) is 0.458. The summed E-state index contributed by atoms with van der Waals surface area (Å²) in [7, 11) is 6.20. The molecule has 0 radical (unpaired) electrons. The van der Waals surface area contributed by atoms with Crippen molar-refractivity contribution < 1.29 is 33.6 Å². The Balaban J connectivity index is 1.95. The van der Waals surface area contributed by atoms with Crippen molar-refractivity contribution >= 4 is 5.78 Å². The first kappa shape index (κ1) is 22.9. The van der Waals surface area contributed by atoms with Gasteiger partial charge in [0.05, 0.1) is 33.5 Å². The average molecular weight is 430 g/mol. The molecule has 2 atom stereocenters. The van der Waals surface area contributed by atoms with Crippen molar-refractivity contribution in [3.05, 3.63) is 47.0 Å². The molecule has 0 aromatic heterocycles. The predicted octanol–water partition coefficient (Wildman–Crippen LogP) is 3.95. The van der Waals surface area contributed by atoms with Crippen LogP contribution in [-0.4, -0.2) is 46.1 Å². The Kier molecular flexibility index (Phi) is 7.76. The third kappa shape index (κ3) is 4.62. The molecule has 2 aromatic carbocycles. The predicted molar refractivity (Wildman–Crippen MR) is 115 cm³/mol. The number of carbonyl (C=O) groups is 1. The van der Waals surface area contributed by atoms with Crippen LogP contribution < -0.4 is 18.9 Å². The molecule has 0 spiro atoms. The molecule has 0 saturated heterocycles. The van der Waals surface area contributed by atoms with E-state index in [9.17, 15) is 9.90 Å². The fourth-order valence-electron chi connectivity index (χ4n) is 4.44. The summed E-state index contributed by atoms with van der Waals surface area (Å²) < 4.78 is 26.9. The van der Waals surface area contributed by atoms with Gasteiger partial charge in [-0.3, -0.25) is 4.79 Å². The Morgan fingerprint density at radius 1 is 1.00 bits per heavy atom. The minimum Gasteiger partial charge on any atom is -0.496 e. The largest absolute Gasteiger partial charge is 0.496 e. The van der Waals surface area contributed by atoms with Gasteiger partial charge in [0.1, 0.15) is 11.5 Å². The molecule has 31 heavy (non-hydrogen) atoms. The maximum atomic E-state index is 13.4. The van der Waals surface area contributed by atoms with E-state index in [2.05, 4.69) is 0 Å². The SMILES string of the molecule is COCOc1ccc(C(=O)C2CCCC2c2cc(OC)c(OC)c(CO)c2OC)cc1. The monoisotopic (exact) mass is 430 g/mol. The number of methoxy groups -OCH3 is 4. The van der Waals surface area contributed by atoms with E-state index in [4.69, 9.17) is 23.7 Å². The summed E-state index contributed by atoms with van der Waals surface area (Å²) in [6.45, 7) is -0.102. The van der Waals surface area contributed by atoms with Gasteiger partial charge in [-0.1, -0.05) is 6.42 Å². The van der Waals surface area contributed by atoms with Gasteiger partial charge >= 0.3 is 0 Å². The summed E-state index contributed by atoms with van der Waals surface area (Å²) in [6, 6.07) is 8.99. The van der Waals surface area contributed by atoms with Gasteiger partial charge in [0.2, 0.25) is 0 Å². The zero-order valence-electron chi connectivity index (χ0n) is 18.5. The van der Waals surface area contributed by atoms with Crippen molar-refractivity contribution in [1.82, 2.24) is 0 Å². The van der Waals surface area contributed by atoms with Crippen molar-refractivity contribution in [1.29, 1.82) is 0 Å². The number of benzene rings is 2. The van der Waals surface area contributed by atoms with E-state index in [-0.39, 0.29) is 31.0 Å². The van der Waals surface area contributed by atoms with E-state index in [1.807, 2.05) is 6.07 Å². The highest BCUT2D eigenvalue weighted by Gasteiger charge is 2.37. The van der Waals surface area contributed by atoms with Gasteiger partial charge in [-0.25, -0.2) is 0 Å². The first-order valence-electron chi connectivity index (χ1n) is 10.3. The van der Waals surface area contributed by atoms with E-state index in [0.29, 0.717) is 34.1 Å². The Hall–Kier alpha value is -2.77. The summed E-state index contributed by atoms with van der Waals surface area (Å²) in [5, 5.41) is 9.99. The molecule has 3 rings (SSSR count). The molecule has 1 aliphatic rings. The van der Waals surface area contributed by atoms with Crippen molar-refractivity contribution in [3.63, 3.8) is 0 Å². The Bertz CT molecular complexity index is 892. The number of rotatable bonds is 10. The van der Waals surface area contributed by atoms with Crippen LogP contribution in [0.15, 0.2) is 30.3 Å². The molecule has 0 bridgehead atoms. The lowest BCUT2D eigenvalue weighted by molar-refractivity contribution is 0.0511. The number of Topliss-reactive ketones (excluding diaryl/α,β-unsaturated/α-hetero) is 1. The number of ketones is 1. The molecule has 1 aliphatic carbocycles. The average Bonchev–Trinajstić information content (AvgIpc) is 3.30. The van der Waals surface area contributed by atoms with Gasteiger partial charge in [0.25, 0.3) is 0 Å². The molecule has 2 unspecified atom stereocenters. The number of hydrogen-bond acceptors (Lipinski definition) is 7. The Labute approximate surface area is 182 Å². The molecule has 2 aromatic rings. The first-order chi connectivity index (χ1) is 15.1. The molecule has 0 heterocycles. The summed E-state index contributed by atoms with van der Waals surface area (Å²) >= 11 is 0. The molecule has 7 heteroatoms. The van der Waals surface area contributed by atoms with Gasteiger partial charge in [-0.2, -0.15) is 0 Å². The van der Waals surface area contributed by atoms with Crippen LogP contribution in [0.25, 0.3) is 0 Å². The number of ether oxygens (including phenoxy) is 5. The van der Waals surface area contributed by atoms with Crippen LogP contribution in [0.1, 0.15) is 46.7 Å². The summed E-state index contributed by atoms with van der Waals surface area (Å²) in [5.74, 6) is 2.01. The molecular weight excluding hydrogens is 400 g/mol. The number of hydrogen-bond donors (Lipinski definition) is 1. The highest BCUT2D eigenvalue weighted by Crippen LogP contribution is 2.49. The van der Waals surface area contributed by atoms with E-state index < -0.39 is 0 Å². The number of aliphatic hydroxyl groups excluding tert-OH is 1. The molecule has 0 amide bonds. The molecule has 1 fully saturated rings. The van der Waals surface area contributed by atoms with E-state index in [1.165, 1.54) is 7.11 Å². The van der Waals surface area contributed by atoms with Crippen molar-refractivity contribution in [2.45, 2.75) is 31.8 Å². The third-order valence-electron chi connectivity index (χ3n) is 5.84. The number of carbonyl (C=O) groups excluding carboxylic acids is 1. The molecule has 0 aliphatic heterocycles. The van der Waals surface area contributed by atoms with Crippen LogP contribution in [-0.2, 0) is 11.3 Å². The van der Waals surface area contributed by atoms with Crippen LogP contribution in [0.4, 0.5) is 0 Å². The summed E-state index contributed by atoms with van der Waals surface area (Å²) in [6.07, 6.45) is 2.57. The van der Waals surface area contributed by atoms with Gasteiger partial charge in [-0.15, -0.1) is 0 Å². The minimum atomic E-state index is -0.259. The number of aliphatic hydroxyl groups is 1. The molecule has 168 valence electrons. The second kappa shape index (κ2) is 10.5. The van der Waals surface area contributed by atoms with Gasteiger partial charge in [0.15, 0.2) is 24.1 Å². The van der Waals surface area contributed by atoms with Crippen LogP contribution in [0.5, 0.6) is 23.0 Å². The minimum absolute atomic E-state index is 0.0445. The quantitative estimate of drug-likeness (QED) is 0.451. The van der Waals surface area contributed by atoms with E-state index in [0.717, 1.165) is 24.8 Å². The van der Waals surface area contributed by atoms with Crippen LogP contribution in [0.3, 0.4) is 0 Å². The van der Waals surface area contributed by atoms with Crippen molar-refractivity contribution in [2.24, 2.45) is 5.92 Å². The van der Waals surface area contributed by atoms with Crippen LogP contribution >= 0.6 is 0 Å². The molecule has 1 N–H and O–H groups in total. The van der Waals surface area contributed by atoms with E-state index in [1.54, 1.807) is 45.6 Å². The Morgan fingerprint density at radius 2 is 1.71 bits per heavy atom. The lowest BCUT2D eigenvalue weighted by Gasteiger charge is -2.25. The Morgan fingerprint density at radius 3 is 2.29 bits per heavy atom. The van der Waals surface area contributed by atoms with Gasteiger partial charge in [-0.05, 0) is 49.1 Å². The molecule has 7 nitrogen and oxygen atoms in total. The summed E-state index contributed by atoms with van der Waals surface area (Å²) in [5.41, 5.74) is 2.03. The lowest BCUT2D eigenvalue weighted by Crippen LogP contribution is -2.19. The highest BCUT2D eigenvalue weighted by atomic mass is 16.7. The van der Waals surface area contributed by atoms with E-state index >= 15 is 0 Å². The lowest BCUT2D eigenvalue weighted by atomic mass is 9.82. The van der Waals surface area contributed by atoms with Crippen LogP contribution in [0, 0.1) is 5.92 Å². The second-order valence-electron chi connectivity index (χ2n) is 7.45.